The van der Waals surface area contributed by atoms with E-state index in [9.17, 15) is 4.79 Å². The fourth-order valence-electron chi connectivity index (χ4n) is 2.37. The summed E-state index contributed by atoms with van der Waals surface area (Å²) in [6, 6.07) is 17.6. The number of rotatable bonds is 5. The molecule has 4 nitrogen and oxygen atoms in total. The van der Waals surface area contributed by atoms with Crippen LogP contribution in [0.25, 0.3) is 5.69 Å². The molecule has 3 rings (SSSR count). The second-order valence-electron chi connectivity index (χ2n) is 7.07. The number of amides is 1. The zero-order chi connectivity index (χ0) is 19.4. The SMILES string of the molecule is CC(C)(C)NC(=O)c1ccc(-n2nc(SCc3ccccc3)sc2=S)cc1. The molecule has 0 aliphatic carbocycles. The lowest BCUT2D eigenvalue weighted by molar-refractivity contribution is 0.0919. The Morgan fingerprint density at radius 2 is 1.81 bits per heavy atom. The lowest BCUT2D eigenvalue weighted by Crippen LogP contribution is -2.40. The summed E-state index contributed by atoms with van der Waals surface area (Å²) in [5, 5.41) is 7.58. The zero-order valence-electron chi connectivity index (χ0n) is 15.4. The summed E-state index contributed by atoms with van der Waals surface area (Å²) in [6.07, 6.45) is 0. The quantitative estimate of drug-likeness (QED) is 0.442. The highest BCUT2D eigenvalue weighted by Crippen LogP contribution is 2.27. The van der Waals surface area contributed by atoms with E-state index < -0.39 is 0 Å². The van der Waals surface area contributed by atoms with Crippen LogP contribution < -0.4 is 5.32 Å². The van der Waals surface area contributed by atoms with Gasteiger partial charge in [0.2, 0.25) is 0 Å². The fraction of sp³-hybridized carbons (Fsp3) is 0.250. The number of hydrogen-bond donors (Lipinski definition) is 1. The Morgan fingerprint density at radius 3 is 2.44 bits per heavy atom. The van der Waals surface area contributed by atoms with Crippen molar-refractivity contribution in [3.05, 3.63) is 69.7 Å². The summed E-state index contributed by atoms with van der Waals surface area (Å²) in [4.78, 5) is 12.2. The third-order valence-corrected chi connectivity index (χ3v) is 6.03. The largest absolute Gasteiger partial charge is 0.347 e. The Balaban J connectivity index is 1.72. The molecule has 0 aliphatic rings. The van der Waals surface area contributed by atoms with E-state index in [1.807, 2.05) is 51.1 Å². The van der Waals surface area contributed by atoms with Gasteiger partial charge in [-0.2, -0.15) is 0 Å². The van der Waals surface area contributed by atoms with Crippen molar-refractivity contribution >= 4 is 41.2 Å². The Bertz CT molecular complexity index is 970. The minimum absolute atomic E-state index is 0.0879. The molecular formula is C20H21N3OS3. The number of nitrogens with one attached hydrogen (secondary N) is 1. The van der Waals surface area contributed by atoms with E-state index in [-0.39, 0.29) is 11.4 Å². The Kier molecular flexibility index (Phi) is 6.14. The molecule has 0 saturated carbocycles. The molecule has 3 aromatic rings. The van der Waals surface area contributed by atoms with E-state index in [2.05, 4.69) is 22.5 Å². The number of nitrogens with zero attached hydrogens (tertiary/aromatic N) is 2. The van der Waals surface area contributed by atoms with Crippen LogP contribution in [0, 0.1) is 3.95 Å². The highest BCUT2D eigenvalue weighted by molar-refractivity contribution is 8.00. The van der Waals surface area contributed by atoms with Crippen molar-refractivity contribution in [1.29, 1.82) is 0 Å². The molecule has 2 aromatic carbocycles. The Hall–Kier alpha value is -1.96. The smallest absolute Gasteiger partial charge is 0.251 e. The molecule has 0 saturated heterocycles. The second kappa shape index (κ2) is 8.37. The first-order valence-electron chi connectivity index (χ1n) is 8.52. The van der Waals surface area contributed by atoms with Crippen LogP contribution >= 0.6 is 35.3 Å². The number of carbonyl (C=O) groups is 1. The Morgan fingerprint density at radius 1 is 1.15 bits per heavy atom. The van der Waals surface area contributed by atoms with Crippen LogP contribution in [0.5, 0.6) is 0 Å². The first-order chi connectivity index (χ1) is 12.8. The van der Waals surface area contributed by atoms with Crippen molar-refractivity contribution in [3.63, 3.8) is 0 Å². The maximum Gasteiger partial charge on any atom is 0.251 e. The van der Waals surface area contributed by atoms with Crippen LogP contribution in [0.3, 0.4) is 0 Å². The van der Waals surface area contributed by atoms with Gasteiger partial charge in [0, 0.05) is 16.9 Å². The van der Waals surface area contributed by atoms with E-state index in [0.717, 1.165) is 15.8 Å². The molecule has 7 heteroatoms. The van der Waals surface area contributed by atoms with Crippen LogP contribution in [-0.2, 0) is 5.75 Å². The average Bonchev–Trinajstić information content (AvgIpc) is 3.00. The number of benzene rings is 2. The van der Waals surface area contributed by atoms with Gasteiger partial charge in [-0.05, 0) is 62.8 Å². The van der Waals surface area contributed by atoms with Crippen molar-refractivity contribution in [2.45, 2.75) is 36.4 Å². The van der Waals surface area contributed by atoms with Crippen LogP contribution in [0.4, 0.5) is 0 Å². The normalized spacial score (nSPS) is 11.4. The van der Waals surface area contributed by atoms with Crippen LogP contribution in [0.15, 0.2) is 58.9 Å². The van der Waals surface area contributed by atoms with E-state index in [1.165, 1.54) is 16.9 Å². The third kappa shape index (κ3) is 5.51. The van der Waals surface area contributed by atoms with Gasteiger partial charge >= 0.3 is 0 Å². The molecule has 0 atom stereocenters. The zero-order valence-corrected chi connectivity index (χ0v) is 17.9. The lowest BCUT2D eigenvalue weighted by atomic mass is 10.1. The summed E-state index contributed by atoms with van der Waals surface area (Å²) < 4.78 is 3.37. The standard InChI is InChI=1S/C20H21N3OS3/c1-20(2,3)21-17(24)15-9-11-16(12-10-15)23-19(25)27-18(22-23)26-13-14-7-5-4-6-8-14/h4-12H,13H2,1-3H3,(H,21,24). The molecule has 0 bridgehead atoms. The monoisotopic (exact) mass is 415 g/mol. The average molecular weight is 416 g/mol. The van der Waals surface area contributed by atoms with Crippen molar-refractivity contribution in [2.24, 2.45) is 0 Å². The van der Waals surface area contributed by atoms with Crippen LogP contribution in [-0.4, -0.2) is 21.2 Å². The molecule has 0 radical (unpaired) electrons. The third-order valence-electron chi connectivity index (χ3n) is 3.60. The highest BCUT2D eigenvalue weighted by atomic mass is 32.2. The van der Waals surface area contributed by atoms with Crippen molar-refractivity contribution < 1.29 is 4.79 Å². The number of carbonyl (C=O) groups excluding carboxylic acids is 1. The fourth-order valence-corrected chi connectivity index (χ4v) is 4.69. The van der Waals surface area contributed by atoms with E-state index in [4.69, 9.17) is 12.2 Å². The highest BCUT2D eigenvalue weighted by Gasteiger charge is 2.15. The molecule has 140 valence electrons. The molecular weight excluding hydrogens is 394 g/mol. The van der Waals surface area contributed by atoms with Gasteiger partial charge in [0.1, 0.15) is 0 Å². The molecule has 0 fully saturated rings. The predicted octanol–water partition coefficient (Wildman–Crippen LogP) is 5.48. The molecule has 0 unspecified atom stereocenters. The summed E-state index contributed by atoms with van der Waals surface area (Å²) >= 11 is 8.64. The molecule has 1 N–H and O–H groups in total. The maximum absolute atomic E-state index is 12.2. The summed E-state index contributed by atoms with van der Waals surface area (Å²) in [6.45, 7) is 5.88. The molecule has 1 aromatic heterocycles. The molecule has 27 heavy (non-hydrogen) atoms. The predicted molar refractivity (Wildman–Crippen MR) is 115 cm³/mol. The summed E-state index contributed by atoms with van der Waals surface area (Å²) in [5.74, 6) is 0.768. The van der Waals surface area contributed by atoms with Gasteiger partial charge < -0.3 is 5.32 Å². The van der Waals surface area contributed by atoms with E-state index >= 15 is 0 Å². The van der Waals surface area contributed by atoms with Gasteiger partial charge in [-0.3, -0.25) is 4.79 Å². The minimum atomic E-state index is -0.266. The van der Waals surface area contributed by atoms with Gasteiger partial charge in [-0.25, -0.2) is 4.68 Å². The van der Waals surface area contributed by atoms with Crippen molar-refractivity contribution in [2.75, 3.05) is 0 Å². The van der Waals surface area contributed by atoms with Gasteiger partial charge in [0.25, 0.3) is 5.91 Å². The van der Waals surface area contributed by atoms with Crippen molar-refractivity contribution in [3.8, 4) is 5.69 Å². The minimum Gasteiger partial charge on any atom is -0.347 e. The second-order valence-corrected chi connectivity index (χ2v) is 9.92. The summed E-state index contributed by atoms with van der Waals surface area (Å²) in [5.41, 5.74) is 2.46. The van der Waals surface area contributed by atoms with Crippen LogP contribution in [0.1, 0.15) is 36.7 Å². The topological polar surface area (TPSA) is 46.9 Å². The first kappa shape index (κ1) is 19.8. The van der Waals surface area contributed by atoms with Gasteiger partial charge in [-0.15, -0.1) is 5.10 Å². The van der Waals surface area contributed by atoms with Crippen molar-refractivity contribution in [1.82, 2.24) is 15.1 Å². The van der Waals surface area contributed by atoms with Crippen LogP contribution in [0.2, 0.25) is 0 Å². The first-order valence-corrected chi connectivity index (χ1v) is 10.7. The molecule has 0 spiro atoms. The van der Waals surface area contributed by atoms with Gasteiger partial charge in [0.15, 0.2) is 8.29 Å². The van der Waals surface area contributed by atoms with Gasteiger partial charge in [0.05, 0.1) is 5.69 Å². The summed E-state index contributed by atoms with van der Waals surface area (Å²) in [7, 11) is 0. The molecule has 1 heterocycles. The maximum atomic E-state index is 12.2. The number of thioether (sulfide) groups is 1. The number of aromatic nitrogens is 2. The lowest BCUT2D eigenvalue weighted by Gasteiger charge is -2.20. The number of hydrogen-bond acceptors (Lipinski definition) is 5. The van der Waals surface area contributed by atoms with Gasteiger partial charge in [-0.1, -0.05) is 53.4 Å². The Labute approximate surface area is 172 Å². The van der Waals surface area contributed by atoms with E-state index in [1.54, 1.807) is 28.6 Å². The molecule has 1 amide bonds. The molecule has 0 aliphatic heterocycles. The van der Waals surface area contributed by atoms with E-state index in [0.29, 0.717) is 9.52 Å².